The Morgan fingerprint density at radius 3 is 2.79 bits per heavy atom. The van der Waals surface area contributed by atoms with Crippen LogP contribution >= 0.6 is 33.9 Å². The molecule has 14 heavy (non-hydrogen) atoms. The highest BCUT2D eigenvalue weighted by molar-refractivity contribution is 14.1. The highest BCUT2D eigenvalue weighted by Gasteiger charge is 2.07. The van der Waals surface area contributed by atoms with Crippen LogP contribution in [0.4, 0.5) is 0 Å². The maximum atomic E-state index is 9.38. The quantitative estimate of drug-likeness (QED) is 0.429. The first-order valence-electron chi connectivity index (χ1n) is 3.84. The minimum Gasteiger partial charge on any atom is -0.508 e. The van der Waals surface area contributed by atoms with Gasteiger partial charge in [-0.05, 0) is 40.8 Å². The summed E-state index contributed by atoms with van der Waals surface area (Å²) in [5, 5.41) is 17.7. The molecule has 1 heterocycles. The Morgan fingerprint density at radius 1 is 1.43 bits per heavy atom. The van der Waals surface area contributed by atoms with Crippen LogP contribution in [0.3, 0.4) is 0 Å². The van der Waals surface area contributed by atoms with E-state index in [1.54, 1.807) is 12.1 Å². The van der Waals surface area contributed by atoms with Crippen molar-refractivity contribution in [2.24, 2.45) is 5.73 Å². The number of amidine groups is 1. The number of nitrogen functional groups attached to an aromatic ring is 1. The molecule has 4 N–H and O–H groups in total. The van der Waals surface area contributed by atoms with Crippen molar-refractivity contribution in [3.63, 3.8) is 0 Å². The molecule has 72 valence electrons. The third-order valence-electron chi connectivity index (χ3n) is 1.84. The number of rotatable bonds is 1. The van der Waals surface area contributed by atoms with Gasteiger partial charge in [0.15, 0.2) is 0 Å². The summed E-state index contributed by atoms with van der Waals surface area (Å²) < 4.78 is 1.93. The number of phenolic OH excluding ortho intramolecular Hbond substituents is 1. The third kappa shape index (κ3) is 1.57. The predicted octanol–water partition coefficient (Wildman–Crippen LogP) is 2.50. The molecule has 0 atom stereocenters. The maximum absolute atomic E-state index is 9.38. The highest BCUT2D eigenvalue weighted by Crippen LogP contribution is 2.32. The number of phenols is 1. The van der Waals surface area contributed by atoms with Crippen molar-refractivity contribution in [2.45, 2.75) is 0 Å². The van der Waals surface area contributed by atoms with Gasteiger partial charge >= 0.3 is 0 Å². The summed E-state index contributed by atoms with van der Waals surface area (Å²) in [6.07, 6.45) is 0. The summed E-state index contributed by atoms with van der Waals surface area (Å²) in [4.78, 5) is 0.739. The lowest BCUT2D eigenvalue weighted by Crippen LogP contribution is -2.08. The van der Waals surface area contributed by atoms with Crippen molar-refractivity contribution in [1.82, 2.24) is 0 Å². The van der Waals surface area contributed by atoms with Gasteiger partial charge in [-0.2, -0.15) is 0 Å². The number of thiophene rings is 1. The zero-order valence-electron chi connectivity index (χ0n) is 7.04. The molecule has 0 spiro atoms. The fourth-order valence-electron chi connectivity index (χ4n) is 1.22. The van der Waals surface area contributed by atoms with Crippen LogP contribution < -0.4 is 5.73 Å². The molecule has 3 nitrogen and oxygen atoms in total. The van der Waals surface area contributed by atoms with Crippen LogP contribution in [0.15, 0.2) is 18.2 Å². The fraction of sp³-hybridized carbons (Fsp3) is 0. The van der Waals surface area contributed by atoms with Crippen molar-refractivity contribution in [3.05, 3.63) is 26.6 Å². The van der Waals surface area contributed by atoms with Gasteiger partial charge in [0.2, 0.25) is 0 Å². The Morgan fingerprint density at radius 2 is 2.14 bits per heavy atom. The molecule has 0 aliphatic rings. The van der Waals surface area contributed by atoms with Crippen LogP contribution in [0.2, 0.25) is 0 Å². The first kappa shape index (κ1) is 9.72. The Bertz CT molecular complexity index is 521. The second kappa shape index (κ2) is 3.39. The van der Waals surface area contributed by atoms with Gasteiger partial charge in [0, 0.05) is 13.7 Å². The first-order chi connectivity index (χ1) is 6.58. The smallest absolute Gasteiger partial charge is 0.133 e. The topological polar surface area (TPSA) is 70.1 Å². The summed E-state index contributed by atoms with van der Waals surface area (Å²) >= 11 is 3.58. The van der Waals surface area contributed by atoms with E-state index in [9.17, 15) is 5.11 Å². The zero-order valence-corrected chi connectivity index (χ0v) is 10.0. The molecule has 1 aromatic heterocycles. The Labute approximate surface area is 98.2 Å². The molecule has 0 aliphatic carbocycles. The lowest BCUT2D eigenvalue weighted by atomic mass is 10.2. The molecule has 0 bridgehead atoms. The molecule has 0 amide bonds. The molecule has 5 heteroatoms. The fourth-order valence-corrected chi connectivity index (χ4v) is 3.15. The maximum Gasteiger partial charge on any atom is 0.133 e. The van der Waals surface area contributed by atoms with Crippen LogP contribution in [0.25, 0.3) is 10.1 Å². The molecular weight excluding hydrogens is 311 g/mol. The minimum atomic E-state index is 0.0708. The molecule has 0 aliphatic heterocycles. The number of hydrogen-bond acceptors (Lipinski definition) is 3. The predicted molar refractivity (Wildman–Crippen MR) is 67.2 cm³/mol. The lowest BCUT2D eigenvalue weighted by Gasteiger charge is -1.94. The average Bonchev–Trinajstić information content (AvgIpc) is 2.47. The minimum absolute atomic E-state index is 0.0708. The molecule has 0 fully saturated rings. The van der Waals surface area contributed by atoms with Crippen molar-refractivity contribution < 1.29 is 5.11 Å². The van der Waals surface area contributed by atoms with Gasteiger partial charge in [0.1, 0.15) is 11.6 Å². The van der Waals surface area contributed by atoms with E-state index in [0.717, 1.165) is 18.5 Å². The molecule has 0 unspecified atom stereocenters. The summed E-state index contributed by atoms with van der Waals surface area (Å²) in [6.45, 7) is 0. The number of fused-ring (bicyclic) bond motifs is 1. The normalized spacial score (nSPS) is 10.6. The highest BCUT2D eigenvalue weighted by atomic mass is 127. The summed E-state index contributed by atoms with van der Waals surface area (Å²) in [5.41, 5.74) is 5.39. The Kier molecular flexibility index (Phi) is 2.36. The molecular formula is C9H7IN2OS. The van der Waals surface area contributed by atoms with Gasteiger partial charge in [-0.15, -0.1) is 11.3 Å². The van der Waals surface area contributed by atoms with E-state index in [-0.39, 0.29) is 11.6 Å². The van der Waals surface area contributed by atoms with Crippen molar-refractivity contribution in [1.29, 1.82) is 5.41 Å². The Hall–Kier alpha value is -0.820. The second-order valence-corrected chi connectivity index (χ2v) is 5.11. The van der Waals surface area contributed by atoms with Crippen molar-refractivity contribution >= 4 is 49.8 Å². The van der Waals surface area contributed by atoms with E-state index in [1.165, 1.54) is 11.3 Å². The molecule has 1 aromatic carbocycles. The average molecular weight is 318 g/mol. The third-order valence-corrected chi connectivity index (χ3v) is 3.85. The van der Waals surface area contributed by atoms with E-state index in [2.05, 4.69) is 22.6 Å². The number of nitrogens with two attached hydrogens (primary N) is 1. The molecule has 2 aromatic rings. The lowest BCUT2D eigenvalue weighted by molar-refractivity contribution is 0.476. The first-order valence-corrected chi connectivity index (χ1v) is 5.74. The van der Waals surface area contributed by atoms with Crippen LogP contribution in [-0.4, -0.2) is 10.9 Å². The van der Waals surface area contributed by atoms with Gasteiger partial charge in [0.05, 0.1) is 4.88 Å². The number of hydrogen-bond donors (Lipinski definition) is 3. The van der Waals surface area contributed by atoms with Crippen LogP contribution in [0, 0.1) is 8.98 Å². The number of benzene rings is 1. The largest absolute Gasteiger partial charge is 0.508 e. The van der Waals surface area contributed by atoms with E-state index < -0.39 is 0 Å². The van der Waals surface area contributed by atoms with Crippen molar-refractivity contribution in [2.75, 3.05) is 0 Å². The van der Waals surface area contributed by atoms with Crippen LogP contribution in [-0.2, 0) is 0 Å². The number of aromatic hydroxyl groups is 1. The van der Waals surface area contributed by atoms with Gasteiger partial charge in [-0.25, -0.2) is 0 Å². The summed E-state index contributed by atoms with van der Waals surface area (Å²) in [7, 11) is 0. The van der Waals surface area contributed by atoms with E-state index in [1.807, 2.05) is 6.07 Å². The van der Waals surface area contributed by atoms with E-state index in [4.69, 9.17) is 11.1 Å². The van der Waals surface area contributed by atoms with Gasteiger partial charge < -0.3 is 10.8 Å². The van der Waals surface area contributed by atoms with Crippen molar-refractivity contribution in [3.8, 4) is 5.75 Å². The zero-order chi connectivity index (χ0) is 10.3. The monoisotopic (exact) mass is 318 g/mol. The van der Waals surface area contributed by atoms with Gasteiger partial charge in [0.25, 0.3) is 0 Å². The van der Waals surface area contributed by atoms with Gasteiger partial charge in [-0.3, -0.25) is 5.41 Å². The molecule has 0 radical (unpaired) electrons. The molecule has 2 rings (SSSR count). The summed E-state index contributed by atoms with van der Waals surface area (Å²) in [5.74, 6) is 0.320. The standard InChI is InChI=1S/C9H7IN2OS/c10-6-1-4(13)2-7-5(6)3-8(14-7)9(11)12/h1-3,13H,(H3,11,12). The second-order valence-electron chi connectivity index (χ2n) is 2.86. The molecule has 0 saturated carbocycles. The Balaban J connectivity index is 2.76. The summed E-state index contributed by atoms with van der Waals surface area (Å²) in [6, 6.07) is 5.26. The number of nitrogens with one attached hydrogen (secondary N) is 1. The van der Waals surface area contributed by atoms with Gasteiger partial charge in [-0.1, -0.05) is 0 Å². The van der Waals surface area contributed by atoms with Crippen LogP contribution in [0.5, 0.6) is 5.75 Å². The van der Waals surface area contributed by atoms with E-state index >= 15 is 0 Å². The number of halogens is 1. The SMILES string of the molecule is N=C(N)c1cc2c(I)cc(O)cc2s1. The van der Waals surface area contributed by atoms with E-state index in [0.29, 0.717) is 0 Å². The molecule has 0 saturated heterocycles. The van der Waals surface area contributed by atoms with Crippen LogP contribution in [0.1, 0.15) is 4.88 Å².